The van der Waals surface area contributed by atoms with E-state index in [2.05, 4.69) is 51.4 Å². The number of guanidine groups is 1. The van der Waals surface area contributed by atoms with Crippen molar-refractivity contribution in [1.82, 2.24) is 20.6 Å². The number of carbonyl (C=O) groups is 1. The number of hydrogen-bond acceptors (Lipinski definition) is 7. The standard InChI is InChI=1S/C21H29ClN8O/c1-13(23)5-4-7-15-10-8-14(9-11-15)6-2-3-12-27-21(26)30-20(31)16-18(24)29-19(25)17(22)28-16/h8-11H,1-7,12,23H2,(H4,24,25,29)(H3,26,27,30,31). The molecule has 1 amide bonds. The maximum atomic E-state index is 12.2. The normalized spacial score (nSPS) is 10.5. The van der Waals surface area contributed by atoms with Gasteiger partial charge in [0.25, 0.3) is 5.91 Å². The lowest BCUT2D eigenvalue weighted by molar-refractivity contribution is 0.0971. The molecule has 166 valence electrons. The van der Waals surface area contributed by atoms with E-state index in [9.17, 15) is 4.79 Å². The third-order valence-electron chi connectivity index (χ3n) is 4.54. The smallest absolute Gasteiger partial charge is 0.280 e. The zero-order valence-corrected chi connectivity index (χ0v) is 18.1. The lowest BCUT2D eigenvalue weighted by Gasteiger charge is -2.10. The number of allylic oxidation sites excluding steroid dienone is 1. The topological polar surface area (TPSA) is 169 Å². The number of amides is 1. The Labute approximate surface area is 187 Å². The lowest BCUT2D eigenvalue weighted by atomic mass is 10.0. The highest BCUT2D eigenvalue weighted by Crippen LogP contribution is 2.17. The van der Waals surface area contributed by atoms with E-state index in [0.29, 0.717) is 6.54 Å². The van der Waals surface area contributed by atoms with Gasteiger partial charge in [-0.25, -0.2) is 9.97 Å². The van der Waals surface area contributed by atoms with Crippen molar-refractivity contribution in [2.24, 2.45) is 5.73 Å². The molecule has 2 rings (SSSR count). The van der Waals surface area contributed by atoms with E-state index >= 15 is 0 Å². The second-order valence-corrected chi connectivity index (χ2v) is 7.53. The Balaban J connectivity index is 1.66. The molecule has 0 atom stereocenters. The molecule has 31 heavy (non-hydrogen) atoms. The highest BCUT2D eigenvalue weighted by atomic mass is 35.5. The quantitative estimate of drug-likeness (QED) is 0.185. The van der Waals surface area contributed by atoms with Gasteiger partial charge in [0.2, 0.25) is 0 Å². The Hall–Kier alpha value is -3.33. The van der Waals surface area contributed by atoms with Gasteiger partial charge in [-0.15, -0.1) is 0 Å². The number of rotatable bonds is 10. The van der Waals surface area contributed by atoms with Gasteiger partial charge in [0.05, 0.1) is 0 Å². The molecule has 0 aliphatic rings. The van der Waals surface area contributed by atoms with Crippen molar-refractivity contribution in [1.29, 1.82) is 5.41 Å². The molecule has 0 radical (unpaired) electrons. The summed E-state index contributed by atoms with van der Waals surface area (Å²) in [5.41, 5.74) is 19.8. The first-order valence-corrected chi connectivity index (χ1v) is 10.4. The first-order valence-electron chi connectivity index (χ1n) is 9.99. The summed E-state index contributed by atoms with van der Waals surface area (Å²) >= 11 is 5.77. The fourth-order valence-corrected chi connectivity index (χ4v) is 3.01. The predicted octanol–water partition coefficient (Wildman–Crippen LogP) is 2.37. The molecule has 0 unspecified atom stereocenters. The molecule has 0 saturated carbocycles. The molecule has 0 bridgehead atoms. The second kappa shape index (κ2) is 11.8. The third kappa shape index (κ3) is 8.13. The largest absolute Gasteiger partial charge is 0.403 e. The maximum absolute atomic E-state index is 12.2. The van der Waals surface area contributed by atoms with Crippen LogP contribution in [0.1, 0.15) is 47.3 Å². The van der Waals surface area contributed by atoms with E-state index in [1.165, 1.54) is 11.1 Å². The summed E-state index contributed by atoms with van der Waals surface area (Å²) in [7, 11) is 0. The Morgan fingerprint density at radius 3 is 2.26 bits per heavy atom. The van der Waals surface area contributed by atoms with E-state index < -0.39 is 5.91 Å². The van der Waals surface area contributed by atoms with Crippen LogP contribution in [0.2, 0.25) is 5.15 Å². The summed E-state index contributed by atoms with van der Waals surface area (Å²) in [5, 5.41) is 12.9. The van der Waals surface area contributed by atoms with Crippen LogP contribution in [0, 0.1) is 5.41 Å². The van der Waals surface area contributed by atoms with Crippen LogP contribution in [-0.4, -0.2) is 28.4 Å². The van der Waals surface area contributed by atoms with Crippen LogP contribution in [0.3, 0.4) is 0 Å². The summed E-state index contributed by atoms with van der Waals surface area (Å²) in [6, 6.07) is 8.59. The number of anilines is 2. The van der Waals surface area contributed by atoms with Crippen molar-refractivity contribution in [2.45, 2.75) is 38.5 Å². The molecule has 10 heteroatoms. The van der Waals surface area contributed by atoms with Crippen molar-refractivity contribution >= 4 is 35.1 Å². The fourth-order valence-electron chi connectivity index (χ4n) is 2.89. The van der Waals surface area contributed by atoms with Crippen molar-refractivity contribution < 1.29 is 4.79 Å². The number of nitrogens with zero attached hydrogens (tertiary/aromatic N) is 2. The average Bonchev–Trinajstić information content (AvgIpc) is 2.71. The predicted molar refractivity (Wildman–Crippen MR) is 125 cm³/mol. The molecule has 0 spiro atoms. The van der Waals surface area contributed by atoms with Crippen molar-refractivity contribution in [3.63, 3.8) is 0 Å². The molecule has 1 aromatic heterocycles. The van der Waals surface area contributed by atoms with Gasteiger partial charge in [0, 0.05) is 12.2 Å². The fraction of sp³-hybridized carbons (Fsp3) is 0.333. The third-order valence-corrected chi connectivity index (χ3v) is 4.82. The van der Waals surface area contributed by atoms with E-state index in [1.54, 1.807) is 0 Å². The monoisotopic (exact) mass is 444 g/mol. The highest BCUT2D eigenvalue weighted by Gasteiger charge is 2.16. The van der Waals surface area contributed by atoms with Crippen LogP contribution < -0.4 is 27.8 Å². The molecule has 1 heterocycles. The van der Waals surface area contributed by atoms with E-state index in [4.69, 9.17) is 34.2 Å². The molecule has 9 nitrogen and oxygen atoms in total. The first kappa shape index (κ1) is 23.9. The summed E-state index contributed by atoms with van der Waals surface area (Å²) in [5.74, 6) is -1.04. The number of carbonyl (C=O) groups excluding carboxylic acids is 1. The number of aryl methyl sites for hydroxylation is 2. The second-order valence-electron chi connectivity index (χ2n) is 7.17. The summed E-state index contributed by atoms with van der Waals surface area (Å²) in [6.45, 7) is 4.26. The van der Waals surface area contributed by atoms with Crippen molar-refractivity contribution in [2.75, 3.05) is 18.0 Å². The van der Waals surface area contributed by atoms with Gasteiger partial charge >= 0.3 is 0 Å². The zero-order chi connectivity index (χ0) is 22.8. The summed E-state index contributed by atoms with van der Waals surface area (Å²) in [4.78, 5) is 19.7. The Morgan fingerprint density at radius 1 is 1.03 bits per heavy atom. The number of unbranched alkanes of at least 4 members (excludes halogenated alkanes) is 1. The minimum Gasteiger partial charge on any atom is -0.403 e. The van der Waals surface area contributed by atoms with Gasteiger partial charge in [-0.1, -0.05) is 42.4 Å². The SMILES string of the molecule is C=C(N)CCCc1ccc(CCCCNC(=N)NC(=O)c2nc(Cl)c(N)nc2N)cc1. The number of aromatic nitrogens is 2. The number of hydrogen-bond donors (Lipinski definition) is 6. The van der Waals surface area contributed by atoms with Crippen LogP contribution in [0.25, 0.3) is 0 Å². The number of nitrogens with two attached hydrogens (primary N) is 3. The van der Waals surface area contributed by atoms with Gasteiger partial charge in [0.15, 0.2) is 28.4 Å². The average molecular weight is 445 g/mol. The zero-order valence-electron chi connectivity index (χ0n) is 17.4. The molecule has 0 fully saturated rings. The Bertz CT molecular complexity index is 930. The van der Waals surface area contributed by atoms with Gasteiger partial charge in [-0.3, -0.25) is 15.5 Å². The Morgan fingerprint density at radius 2 is 1.65 bits per heavy atom. The number of benzene rings is 1. The van der Waals surface area contributed by atoms with Gasteiger partial charge in [-0.05, 0) is 49.7 Å². The van der Waals surface area contributed by atoms with Crippen LogP contribution in [0.4, 0.5) is 11.6 Å². The number of halogens is 1. The molecule has 0 aliphatic carbocycles. The van der Waals surface area contributed by atoms with Crippen molar-refractivity contribution in [3.05, 3.63) is 58.5 Å². The van der Waals surface area contributed by atoms with E-state index in [0.717, 1.165) is 44.2 Å². The molecule has 9 N–H and O–H groups in total. The molecule has 0 saturated heterocycles. The van der Waals surface area contributed by atoms with Gasteiger partial charge in [0.1, 0.15) is 0 Å². The van der Waals surface area contributed by atoms with Crippen LogP contribution >= 0.6 is 11.6 Å². The Kier molecular flexibility index (Phi) is 9.08. The van der Waals surface area contributed by atoms with Crippen LogP contribution in [-0.2, 0) is 12.8 Å². The lowest BCUT2D eigenvalue weighted by Crippen LogP contribution is -2.41. The molecule has 1 aromatic carbocycles. The van der Waals surface area contributed by atoms with Crippen molar-refractivity contribution in [3.8, 4) is 0 Å². The highest BCUT2D eigenvalue weighted by molar-refractivity contribution is 6.31. The molecular weight excluding hydrogens is 416 g/mol. The molecular formula is C21H29ClN8O. The number of nitrogens with one attached hydrogen (secondary N) is 3. The van der Waals surface area contributed by atoms with Gasteiger partial charge < -0.3 is 22.5 Å². The van der Waals surface area contributed by atoms with Crippen LogP contribution in [0.5, 0.6) is 0 Å². The van der Waals surface area contributed by atoms with Gasteiger partial charge in [-0.2, -0.15) is 0 Å². The van der Waals surface area contributed by atoms with Crippen LogP contribution in [0.15, 0.2) is 36.5 Å². The molecule has 2 aromatic rings. The molecule has 0 aliphatic heterocycles. The summed E-state index contributed by atoms with van der Waals surface area (Å²) < 4.78 is 0. The minimum absolute atomic E-state index is 0.0589. The van der Waals surface area contributed by atoms with E-state index in [-0.39, 0.29) is 28.4 Å². The number of nitrogen functional groups attached to an aromatic ring is 2. The minimum atomic E-state index is -0.680. The summed E-state index contributed by atoms with van der Waals surface area (Å²) in [6.07, 6.45) is 5.58. The maximum Gasteiger partial charge on any atom is 0.280 e. The first-order chi connectivity index (χ1) is 14.8. The van der Waals surface area contributed by atoms with E-state index in [1.807, 2.05) is 0 Å².